The normalized spacial score (nSPS) is 12.8. The Hall–Kier alpha value is -3.41. The average molecular weight is 835 g/mol. The van der Waals surface area contributed by atoms with Crippen LogP contribution in [-0.2, 0) is 28.6 Å². The summed E-state index contributed by atoms with van der Waals surface area (Å²) >= 11 is 0. The average Bonchev–Trinajstić information content (AvgIpc) is 3.24. The second-order valence-electron chi connectivity index (χ2n) is 16.0. The van der Waals surface area contributed by atoms with E-state index in [0.717, 1.165) is 89.9 Å². The summed E-state index contributed by atoms with van der Waals surface area (Å²) in [5, 5.41) is 0. The zero-order chi connectivity index (χ0) is 43.7. The largest absolute Gasteiger partial charge is 0.462 e. The molecule has 0 bridgehead atoms. The molecule has 0 amide bonds. The van der Waals surface area contributed by atoms with Crippen molar-refractivity contribution >= 4 is 17.9 Å². The van der Waals surface area contributed by atoms with E-state index in [1.54, 1.807) is 6.08 Å². The van der Waals surface area contributed by atoms with E-state index in [2.05, 4.69) is 93.7 Å². The standard InChI is InChI=1S/C54H90O6/c1-4-7-10-13-16-19-21-23-25-26-27-29-30-32-35-38-41-44-47-53(56)59-50-51(49-58-52(55)46-43-40-37-34-18-15-12-9-6-3)60-54(57)48-45-42-39-36-33-31-28-24-22-20-17-14-11-8-5-2/h8-9,11-12,14,17-18,20,22,27,29,34,40,43,51H,4-7,10,13,15-16,19,21,23-26,28,30-33,35-39,41-42,44-50H2,1-3H3/b11-8-,12-9-,17-14-,22-20-,29-27-,34-18-,43-40-. The lowest BCUT2D eigenvalue weighted by Gasteiger charge is -2.18. The van der Waals surface area contributed by atoms with Crippen molar-refractivity contribution in [3.05, 3.63) is 85.1 Å². The molecule has 60 heavy (non-hydrogen) atoms. The summed E-state index contributed by atoms with van der Waals surface area (Å²) in [6.45, 7) is 6.27. The van der Waals surface area contributed by atoms with E-state index in [1.165, 1.54) is 89.9 Å². The number of unbranched alkanes of at least 4 members (excludes halogenated alkanes) is 21. The topological polar surface area (TPSA) is 78.9 Å². The zero-order valence-corrected chi connectivity index (χ0v) is 38.9. The first-order valence-corrected chi connectivity index (χ1v) is 24.6. The molecule has 0 aromatic heterocycles. The van der Waals surface area contributed by atoms with Gasteiger partial charge < -0.3 is 14.2 Å². The number of carbonyl (C=O) groups is 3. The van der Waals surface area contributed by atoms with Gasteiger partial charge in [-0.2, -0.15) is 0 Å². The Bertz CT molecular complexity index is 1190. The molecule has 6 heteroatoms. The highest BCUT2D eigenvalue weighted by Gasteiger charge is 2.19. The maximum absolute atomic E-state index is 12.7. The minimum absolute atomic E-state index is 0.113. The van der Waals surface area contributed by atoms with Crippen LogP contribution in [0.25, 0.3) is 0 Å². The molecule has 0 saturated carbocycles. The molecular formula is C54H90O6. The van der Waals surface area contributed by atoms with Gasteiger partial charge in [0.25, 0.3) is 0 Å². The van der Waals surface area contributed by atoms with E-state index in [0.29, 0.717) is 12.8 Å². The number of carbonyl (C=O) groups excluding carboxylic acids is 3. The third kappa shape index (κ3) is 45.7. The maximum atomic E-state index is 12.7. The molecular weight excluding hydrogens is 745 g/mol. The van der Waals surface area contributed by atoms with Crippen LogP contribution in [0.2, 0.25) is 0 Å². The number of esters is 3. The fourth-order valence-corrected chi connectivity index (χ4v) is 6.56. The summed E-state index contributed by atoms with van der Waals surface area (Å²) in [5.41, 5.74) is 0. The van der Waals surface area contributed by atoms with Crippen LogP contribution in [0.1, 0.15) is 220 Å². The smallest absolute Gasteiger partial charge is 0.309 e. The molecule has 0 rings (SSSR count). The van der Waals surface area contributed by atoms with E-state index >= 15 is 0 Å². The van der Waals surface area contributed by atoms with Crippen molar-refractivity contribution < 1.29 is 28.6 Å². The van der Waals surface area contributed by atoms with Gasteiger partial charge in [-0.25, -0.2) is 0 Å². The third-order valence-electron chi connectivity index (χ3n) is 10.2. The van der Waals surface area contributed by atoms with Gasteiger partial charge in [-0.3, -0.25) is 14.4 Å². The van der Waals surface area contributed by atoms with E-state index < -0.39 is 12.1 Å². The second-order valence-corrected chi connectivity index (χ2v) is 16.0. The molecule has 0 aliphatic heterocycles. The molecule has 0 aromatic rings. The molecule has 0 N–H and O–H groups in total. The number of hydrogen-bond acceptors (Lipinski definition) is 6. The summed E-state index contributed by atoms with van der Waals surface area (Å²) in [7, 11) is 0. The Morgan fingerprint density at radius 3 is 1.33 bits per heavy atom. The molecule has 342 valence electrons. The Kier molecular flexibility index (Phi) is 45.5. The molecule has 0 spiro atoms. The maximum Gasteiger partial charge on any atom is 0.309 e. The minimum atomic E-state index is -0.820. The predicted octanol–water partition coefficient (Wildman–Crippen LogP) is 16.0. The van der Waals surface area contributed by atoms with Gasteiger partial charge in [0.1, 0.15) is 13.2 Å². The summed E-state index contributed by atoms with van der Waals surface area (Å²) in [4.78, 5) is 37.7. The van der Waals surface area contributed by atoms with Gasteiger partial charge in [-0.05, 0) is 77.0 Å². The lowest BCUT2D eigenvalue weighted by Crippen LogP contribution is -2.30. The molecule has 0 aromatic carbocycles. The molecule has 0 saturated heterocycles. The van der Waals surface area contributed by atoms with Gasteiger partial charge in [-0.15, -0.1) is 0 Å². The lowest BCUT2D eigenvalue weighted by molar-refractivity contribution is -0.166. The van der Waals surface area contributed by atoms with E-state index in [9.17, 15) is 14.4 Å². The lowest BCUT2D eigenvalue weighted by atomic mass is 10.1. The first-order valence-electron chi connectivity index (χ1n) is 24.6. The van der Waals surface area contributed by atoms with Gasteiger partial charge >= 0.3 is 17.9 Å². The van der Waals surface area contributed by atoms with Crippen LogP contribution >= 0.6 is 0 Å². The van der Waals surface area contributed by atoms with Gasteiger partial charge in [0.15, 0.2) is 6.10 Å². The zero-order valence-electron chi connectivity index (χ0n) is 38.9. The fraction of sp³-hybridized carbons (Fsp3) is 0.685. The minimum Gasteiger partial charge on any atom is -0.462 e. The van der Waals surface area contributed by atoms with Crippen molar-refractivity contribution in [1.29, 1.82) is 0 Å². The summed E-state index contributed by atoms with van der Waals surface area (Å²) in [6.07, 6.45) is 61.8. The van der Waals surface area contributed by atoms with Crippen LogP contribution in [0.3, 0.4) is 0 Å². The molecule has 0 radical (unpaired) electrons. The Balaban J connectivity index is 4.40. The quantitative estimate of drug-likeness (QED) is 0.0200. The highest BCUT2D eigenvalue weighted by molar-refractivity contribution is 5.72. The van der Waals surface area contributed by atoms with Crippen LogP contribution in [0.5, 0.6) is 0 Å². The van der Waals surface area contributed by atoms with E-state index in [-0.39, 0.29) is 31.6 Å². The van der Waals surface area contributed by atoms with Crippen LogP contribution in [0, 0.1) is 0 Å². The monoisotopic (exact) mass is 835 g/mol. The fourth-order valence-electron chi connectivity index (χ4n) is 6.56. The highest BCUT2D eigenvalue weighted by atomic mass is 16.6. The van der Waals surface area contributed by atoms with Crippen molar-refractivity contribution in [2.45, 2.75) is 226 Å². The summed E-state index contributed by atoms with van der Waals surface area (Å²) < 4.78 is 16.6. The second kappa shape index (κ2) is 48.3. The van der Waals surface area contributed by atoms with E-state index in [1.807, 2.05) is 6.08 Å². The van der Waals surface area contributed by atoms with Gasteiger partial charge in [-0.1, -0.05) is 209 Å². The number of rotatable bonds is 43. The van der Waals surface area contributed by atoms with Crippen LogP contribution in [-0.4, -0.2) is 37.2 Å². The van der Waals surface area contributed by atoms with Crippen molar-refractivity contribution in [1.82, 2.24) is 0 Å². The molecule has 0 heterocycles. The third-order valence-corrected chi connectivity index (χ3v) is 10.2. The van der Waals surface area contributed by atoms with Crippen molar-refractivity contribution in [2.75, 3.05) is 13.2 Å². The van der Waals surface area contributed by atoms with Crippen molar-refractivity contribution in [3.8, 4) is 0 Å². The number of allylic oxidation sites excluding steroid dienone is 13. The van der Waals surface area contributed by atoms with Crippen LogP contribution in [0.15, 0.2) is 85.1 Å². The number of hydrogen-bond donors (Lipinski definition) is 0. The molecule has 0 fully saturated rings. The van der Waals surface area contributed by atoms with E-state index in [4.69, 9.17) is 14.2 Å². The van der Waals surface area contributed by atoms with Crippen LogP contribution in [0.4, 0.5) is 0 Å². The van der Waals surface area contributed by atoms with Crippen LogP contribution < -0.4 is 0 Å². The van der Waals surface area contributed by atoms with Gasteiger partial charge in [0.05, 0.1) is 6.42 Å². The number of ether oxygens (including phenoxy) is 3. The Labute approximate surface area is 369 Å². The van der Waals surface area contributed by atoms with Crippen molar-refractivity contribution in [3.63, 3.8) is 0 Å². The molecule has 0 aliphatic rings. The van der Waals surface area contributed by atoms with Gasteiger partial charge in [0.2, 0.25) is 0 Å². The molecule has 0 aliphatic carbocycles. The molecule has 1 unspecified atom stereocenters. The summed E-state index contributed by atoms with van der Waals surface area (Å²) in [5.74, 6) is -1.07. The molecule has 1 atom stereocenters. The van der Waals surface area contributed by atoms with Gasteiger partial charge in [0, 0.05) is 12.8 Å². The first kappa shape index (κ1) is 56.6. The SMILES string of the molecule is CC\C=C/C=C\C=C/CCCCCCCCCC(=O)OC(COC(=O)C/C=C\C/C=C\C/C=C\CC)COC(=O)CCCCCCC/C=C\CCCCCCCCCCC. The predicted molar refractivity (Wildman–Crippen MR) is 256 cm³/mol. The highest BCUT2D eigenvalue weighted by Crippen LogP contribution is 2.14. The Morgan fingerprint density at radius 1 is 0.383 bits per heavy atom. The molecule has 6 nitrogen and oxygen atoms in total. The summed E-state index contributed by atoms with van der Waals surface area (Å²) in [6, 6.07) is 0. The first-order chi connectivity index (χ1) is 29.5. The Morgan fingerprint density at radius 2 is 0.800 bits per heavy atom. The van der Waals surface area contributed by atoms with Crippen molar-refractivity contribution in [2.24, 2.45) is 0 Å².